The van der Waals surface area contributed by atoms with Crippen molar-refractivity contribution in [1.82, 2.24) is 0 Å². The Morgan fingerprint density at radius 2 is 1.73 bits per heavy atom. The Morgan fingerprint density at radius 1 is 1.27 bits per heavy atom. The largest absolute Gasteiger partial charge is 0.416 e. The summed E-state index contributed by atoms with van der Waals surface area (Å²) in [6.45, 7) is 11.4. The Labute approximate surface area is 98.4 Å². The summed E-state index contributed by atoms with van der Waals surface area (Å²) in [5, 5.41) is 0.183. The summed E-state index contributed by atoms with van der Waals surface area (Å²) in [7, 11) is -3.68. The maximum atomic E-state index is 10.9. The van der Waals surface area contributed by atoms with Crippen LogP contribution in [0, 0.1) is 0 Å². The summed E-state index contributed by atoms with van der Waals surface area (Å²) in [4.78, 5) is 0. The number of hydrogen-bond donors (Lipinski definition) is 0. The molecule has 92 valence electrons. The van der Waals surface area contributed by atoms with Crippen molar-refractivity contribution in [1.29, 1.82) is 0 Å². The summed E-state index contributed by atoms with van der Waals surface area (Å²) in [5.41, 5.74) is 0. The summed E-state index contributed by atoms with van der Waals surface area (Å²) in [6.07, 6.45) is 1.23. The fourth-order valence-electron chi connectivity index (χ4n) is 0.699. The van der Waals surface area contributed by atoms with E-state index in [-0.39, 0.29) is 5.04 Å². The second-order valence-corrected chi connectivity index (χ2v) is 14.5. The first-order valence-electron chi connectivity index (χ1n) is 4.94. The lowest BCUT2D eigenvalue weighted by Crippen LogP contribution is -2.41. The van der Waals surface area contributed by atoms with Gasteiger partial charge < -0.3 is 4.43 Å². The second-order valence-electron chi connectivity index (χ2n) is 5.13. The van der Waals surface area contributed by atoms with E-state index >= 15 is 0 Å². The van der Waals surface area contributed by atoms with E-state index in [1.165, 1.54) is 6.26 Å². The second kappa shape index (κ2) is 5.20. The highest BCUT2D eigenvalue weighted by molar-refractivity contribution is 8.71. The summed E-state index contributed by atoms with van der Waals surface area (Å²) < 4.78 is 27.6. The zero-order valence-electron chi connectivity index (χ0n) is 10.5. The first-order chi connectivity index (χ1) is 6.46. The molecule has 0 aromatic carbocycles. The molecule has 0 rings (SSSR count). The molecule has 0 amide bonds. The van der Waals surface area contributed by atoms with Crippen LogP contribution in [0.25, 0.3) is 0 Å². The van der Waals surface area contributed by atoms with Gasteiger partial charge in [0.1, 0.15) is 0 Å². The van der Waals surface area contributed by atoms with Crippen LogP contribution in [0.5, 0.6) is 0 Å². The molecule has 0 atom stereocenters. The van der Waals surface area contributed by atoms with Crippen molar-refractivity contribution in [3.8, 4) is 0 Å². The quantitative estimate of drug-likeness (QED) is 0.438. The number of hydrogen-bond acceptors (Lipinski definition) is 4. The van der Waals surface area contributed by atoms with Gasteiger partial charge in [0.25, 0.3) is 0 Å². The Kier molecular flexibility index (Phi) is 5.37. The Bertz CT molecular complexity index is 291. The van der Waals surface area contributed by atoms with Gasteiger partial charge in [-0.15, -0.1) is 0 Å². The minimum absolute atomic E-state index is 0.183. The predicted octanol–water partition coefficient (Wildman–Crippen LogP) is 2.70. The van der Waals surface area contributed by atoms with Crippen LogP contribution >= 0.6 is 10.8 Å². The van der Waals surface area contributed by atoms with Crippen LogP contribution in [0.15, 0.2) is 0 Å². The third-order valence-corrected chi connectivity index (χ3v) is 9.73. The highest BCUT2D eigenvalue weighted by Gasteiger charge is 2.36. The molecular weight excluding hydrogens is 248 g/mol. The minimum atomic E-state index is -2.93. The van der Waals surface area contributed by atoms with Crippen LogP contribution in [0.2, 0.25) is 18.1 Å². The third kappa shape index (κ3) is 6.60. The van der Waals surface area contributed by atoms with E-state index in [2.05, 4.69) is 33.9 Å². The highest BCUT2D eigenvalue weighted by Crippen LogP contribution is 2.36. The van der Waals surface area contributed by atoms with E-state index in [0.29, 0.717) is 12.4 Å². The molecule has 0 saturated carbocycles. The molecule has 0 heterocycles. The van der Waals surface area contributed by atoms with Gasteiger partial charge in [-0.1, -0.05) is 20.8 Å². The molecule has 0 bridgehead atoms. The van der Waals surface area contributed by atoms with Gasteiger partial charge in [0.15, 0.2) is 17.2 Å². The van der Waals surface area contributed by atoms with Crippen molar-refractivity contribution in [2.75, 3.05) is 18.6 Å². The van der Waals surface area contributed by atoms with Crippen molar-refractivity contribution in [3.63, 3.8) is 0 Å². The molecule has 0 aromatic rings. The molecule has 0 radical (unpaired) electrons. The molecule has 0 aliphatic heterocycles. The molecule has 0 N–H and O–H groups in total. The molecular formula is C9H22O3S2Si. The van der Waals surface area contributed by atoms with E-state index in [0.717, 1.165) is 10.8 Å². The monoisotopic (exact) mass is 270 g/mol. The molecule has 15 heavy (non-hydrogen) atoms. The van der Waals surface area contributed by atoms with Crippen molar-refractivity contribution in [2.45, 2.75) is 38.9 Å². The smallest absolute Gasteiger partial charge is 0.198 e. The van der Waals surface area contributed by atoms with Gasteiger partial charge in [0.2, 0.25) is 0 Å². The van der Waals surface area contributed by atoms with Crippen molar-refractivity contribution in [3.05, 3.63) is 0 Å². The van der Waals surface area contributed by atoms with Gasteiger partial charge in [-0.2, -0.15) is 0 Å². The van der Waals surface area contributed by atoms with Crippen LogP contribution in [-0.2, 0) is 13.3 Å². The topological polar surface area (TPSA) is 43.4 Å². The van der Waals surface area contributed by atoms with Crippen LogP contribution in [0.3, 0.4) is 0 Å². The zero-order valence-corrected chi connectivity index (χ0v) is 13.1. The number of rotatable bonds is 5. The molecule has 0 aliphatic carbocycles. The van der Waals surface area contributed by atoms with E-state index < -0.39 is 17.2 Å². The molecule has 0 aromatic heterocycles. The highest BCUT2D eigenvalue weighted by atomic mass is 33.1. The average Bonchev–Trinajstić information content (AvgIpc) is 1.94. The van der Waals surface area contributed by atoms with E-state index in [1.807, 2.05) is 0 Å². The van der Waals surface area contributed by atoms with Gasteiger partial charge in [-0.3, -0.25) is 0 Å². The molecule has 6 heteroatoms. The lowest BCUT2D eigenvalue weighted by Gasteiger charge is -2.36. The normalized spacial score (nSPS) is 14.3. The SMILES string of the molecule is CC(C)(C)[Si](C)(C)OCCSS(C)(=O)=O. The molecule has 0 unspecified atom stereocenters. The fraction of sp³-hybridized carbons (Fsp3) is 1.00. The van der Waals surface area contributed by atoms with Gasteiger partial charge in [0.05, 0.1) is 0 Å². The first kappa shape index (κ1) is 15.5. The van der Waals surface area contributed by atoms with Crippen molar-refractivity contribution in [2.24, 2.45) is 0 Å². The Balaban J connectivity index is 3.98. The van der Waals surface area contributed by atoms with E-state index in [1.54, 1.807) is 0 Å². The van der Waals surface area contributed by atoms with Gasteiger partial charge >= 0.3 is 0 Å². The van der Waals surface area contributed by atoms with Crippen LogP contribution in [0.1, 0.15) is 20.8 Å². The molecule has 0 saturated heterocycles. The molecule has 0 aliphatic rings. The summed E-state index contributed by atoms with van der Waals surface area (Å²) >= 11 is 0. The maximum absolute atomic E-state index is 10.9. The lowest BCUT2D eigenvalue weighted by atomic mass is 10.2. The Morgan fingerprint density at radius 3 is 2.07 bits per heavy atom. The van der Waals surface area contributed by atoms with Crippen LogP contribution in [-0.4, -0.2) is 35.4 Å². The average molecular weight is 270 g/mol. The van der Waals surface area contributed by atoms with Gasteiger partial charge in [-0.25, -0.2) is 8.42 Å². The summed E-state index contributed by atoms with van der Waals surface area (Å²) in [6, 6.07) is 0. The van der Waals surface area contributed by atoms with E-state index in [9.17, 15) is 8.42 Å². The Hall–Kier alpha value is 0.477. The van der Waals surface area contributed by atoms with Gasteiger partial charge in [0, 0.05) is 18.6 Å². The third-order valence-electron chi connectivity index (χ3n) is 2.65. The van der Waals surface area contributed by atoms with Crippen LogP contribution < -0.4 is 0 Å². The first-order valence-corrected chi connectivity index (χ1v) is 11.2. The molecule has 3 nitrogen and oxygen atoms in total. The van der Waals surface area contributed by atoms with Gasteiger partial charge in [-0.05, 0) is 28.9 Å². The molecule has 0 spiro atoms. The zero-order chi connectivity index (χ0) is 12.3. The summed E-state index contributed by atoms with van der Waals surface area (Å²) in [5.74, 6) is 0.519. The fourth-order valence-corrected chi connectivity index (χ4v) is 3.46. The van der Waals surface area contributed by atoms with Crippen molar-refractivity contribution < 1.29 is 12.8 Å². The molecule has 0 fully saturated rings. The maximum Gasteiger partial charge on any atom is 0.198 e. The van der Waals surface area contributed by atoms with Crippen LogP contribution in [0.4, 0.5) is 0 Å². The standard InChI is InChI=1S/C9H22O3S2Si/c1-9(2,3)15(5,6)12-7-8-13-14(4,10)11/h7-8H2,1-6H3. The van der Waals surface area contributed by atoms with Crippen molar-refractivity contribution >= 4 is 28.0 Å². The lowest BCUT2D eigenvalue weighted by molar-refractivity contribution is 0.311. The minimum Gasteiger partial charge on any atom is -0.416 e. The van der Waals surface area contributed by atoms with E-state index in [4.69, 9.17) is 4.43 Å². The predicted molar refractivity (Wildman–Crippen MR) is 70.5 cm³/mol.